The second kappa shape index (κ2) is 6.40. The predicted molar refractivity (Wildman–Crippen MR) is 88.5 cm³/mol. The number of hydrogen-bond donors (Lipinski definition) is 0. The number of rotatable bonds is 3. The van der Waals surface area contributed by atoms with Crippen LogP contribution >= 0.6 is 11.6 Å². The second-order valence-electron chi connectivity index (χ2n) is 5.20. The number of aromatic nitrogens is 1. The normalized spacial score (nSPS) is 11.7. The molecule has 0 spiro atoms. The number of oxazole rings is 1. The average Bonchev–Trinajstić information content (AvgIpc) is 2.98. The van der Waals surface area contributed by atoms with Crippen molar-refractivity contribution in [1.82, 2.24) is 4.98 Å². The molecule has 1 amide bonds. The summed E-state index contributed by atoms with van der Waals surface area (Å²) in [5.41, 5.74) is 1.38. The van der Waals surface area contributed by atoms with E-state index in [1.54, 1.807) is 24.3 Å². The number of carbonyl (C=O) groups excluding carboxylic acids is 1. The number of nitrogens with zero attached hydrogens (tertiary/aromatic N) is 2. The first-order chi connectivity index (χ1) is 11.8. The molecule has 0 radical (unpaired) electrons. The average molecular weight is 369 g/mol. The summed E-state index contributed by atoms with van der Waals surface area (Å²) in [6.45, 7) is 1.34. The first-order valence-electron chi connectivity index (χ1n) is 7.35. The summed E-state index contributed by atoms with van der Waals surface area (Å²) >= 11 is 6.10. The molecular weight excluding hydrogens is 357 g/mol. The quantitative estimate of drug-likeness (QED) is 0.649. The van der Waals surface area contributed by atoms with Gasteiger partial charge < -0.3 is 9.32 Å². The Kier molecular flexibility index (Phi) is 4.43. The van der Waals surface area contributed by atoms with Crippen molar-refractivity contribution in [3.05, 3.63) is 47.5 Å². The van der Waals surface area contributed by atoms with Crippen LogP contribution in [0.5, 0.6) is 0 Å². The van der Waals surface area contributed by atoms with Crippen molar-refractivity contribution >= 4 is 34.3 Å². The number of halogens is 4. The molecule has 130 valence electrons. The lowest BCUT2D eigenvalue weighted by atomic mass is 10.2. The second-order valence-corrected chi connectivity index (χ2v) is 5.61. The molecule has 0 N–H and O–H groups in total. The molecule has 3 rings (SSSR count). The smallest absolute Gasteiger partial charge is 0.436 e. The molecule has 0 fully saturated rings. The Bertz CT molecular complexity index is 937. The third kappa shape index (κ3) is 3.32. The van der Waals surface area contributed by atoms with Gasteiger partial charge in [-0.25, -0.2) is 4.98 Å². The van der Waals surface area contributed by atoms with Gasteiger partial charge in [0, 0.05) is 12.2 Å². The van der Waals surface area contributed by atoms with E-state index in [1.807, 2.05) is 0 Å². The van der Waals surface area contributed by atoms with Crippen LogP contribution in [0.2, 0.25) is 5.02 Å². The Balaban J connectivity index is 2.03. The third-order valence-corrected chi connectivity index (χ3v) is 3.92. The Morgan fingerprint density at radius 2 is 1.96 bits per heavy atom. The largest absolute Gasteiger partial charge is 0.471 e. The van der Waals surface area contributed by atoms with E-state index >= 15 is 0 Å². The minimum Gasteiger partial charge on any atom is -0.436 e. The summed E-state index contributed by atoms with van der Waals surface area (Å²) in [5, 5.41) is 0.441. The summed E-state index contributed by atoms with van der Waals surface area (Å²) in [6, 6.07) is 11.2. The molecule has 8 heteroatoms. The van der Waals surface area contributed by atoms with Gasteiger partial charge in [-0.15, -0.1) is 0 Å². The molecule has 4 nitrogen and oxygen atoms in total. The van der Waals surface area contributed by atoms with Crippen molar-refractivity contribution in [2.24, 2.45) is 0 Å². The highest BCUT2D eigenvalue weighted by Crippen LogP contribution is 2.32. The standard InChI is InChI=1S/C17H12ClF3N2O2/c1-2-23(16(24)17(19,20)21)10-7-8-14-13(9-10)22-15(25-14)11-5-3-4-6-12(11)18/h3-9H,2H2,1H3. The summed E-state index contributed by atoms with van der Waals surface area (Å²) in [7, 11) is 0. The fourth-order valence-corrected chi connectivity index (χ4v) is 2.65. The summed E-state index contributed by atoms with van der Waals surface area (Å²) in [4.78, 5) is 16.5. The number of alkyl halides is 3. The minimum atomic E-state index is -4.95. The van der Waals surface area contributed by atoms with Gasteiger partial charge in [-0.05, 0) is 37.3 Å². The topological polar surface area (TPSA) is 46.3 Å². The highest BCUT2D eigenvalue weighted by Gasteiger charge is 2.42. The van der Waals surface area contributed by atoms with Gasteiger partial charge in [0.05, 0.1) is 10.6 Å². The highest BCUT2D eigenvalue weighted by atomic mass is 35.5. The van der Waals surface area contributed by atoms with Gasteiger partial charge in [0.15, 0.2) is 5.58 Å². The molecule has 0 aliphatic rings. The van der Waals surface area contributed by atoms with Gasteiger partial charge >= 0.3 is 12.1 Å². The zero-order valence-corrected chi connectivity index (χ0v) is 13.7. The van der Waals surface area contributed by atoms with Crippen molar-refractivity contribution in [3.8, 4) is 11.5 Å². The summed E-state index contributed by atoms with van der Waals surface area (Å²) in [5.74, 6) is -1.67. The van der Waals surface area contributed by atoms with Gasteiger partial charge in [-0.3, -0.25) is 4.79 Å². The fourth-order valence-electron chi connectivity index (χ4n) is 2.43. The zero-order valence-electron chi connectivity index (χ0n) is 13.0. The number of hydrogen-bond acceptors (Lipinski definition) is 3. The van der Waals surface area contributed by atoms with Crippen LogP contribution in [0.4, 0.5) is 18.9 Å². The molecule has 25 heavy (non-hydrogen) atoms. The van der Waals surface area contributed by atoms with Gasteiger partial charge in [0.25, 0.3) is 0 Å². The Morgan fingerprint density at radius 3 is 2.60 bits per heavy atom. The molecular formula is C17H12ClF3N2O2. The number of carbonyl (C=O) groups is 1. The van der Waals surface area contributed by atoms with Crippen LogP contribution < -0.4 is 4.90 Å². The van der Waals surface area contributed by atoms with Crippen molar-refractivity contribution in [3.63, 3.8) is 0 Å². The van der Waals surface area contributed by atoms with Crippen LogP contribution in [0.3, 0.4) is 0 Å². The molecule has 2 aromatic carbocycles. The van der Waals surface area contributed by atoms with Crippen molar-refractivity contribution in [2.75, 3.05) is 11.4 Å². The van der Waals surface area contributed by atoms with E-state index in [-0.39, 0.29) is 18.1 Å². The van der Waals surface area contributed by atoms with Gasteiger partial charge in [-0.2, -0.15) is 13.2 Å². The van der Waals surface area contributed by atoms with E-state index in [0.29, 0.717) is 26.6 Å². The van der Waals surface area contributed by atoms with Crippen LogP contribution in [0, 0.1) is 0 Å². The first kappa shape index (κ1) is 17.3. The molecule has 1 heterocycles. The molecule has 0 unspecified atom stereocenters. The number of amides is 1. The van der Waals surface area contributed by atoms with Crippen LogP contribution in [0.25, 0.3) is 22.6 Å². The van der Waals surface area contributed by atoms with E-state index in [4.69, 9.17) is 16.0 Å². The molecule has 0 atom stereocenters. The summed E-state index contributed by atoms with van der Waals surface area (Å²) in [6.07, 6.45) is -4.95. The van der Waals surface area contributed by atoms with Crippen LogP contribution in [0.1, 0.15) is 6.92 Å². The van der Waals surface area contributed by atoms with Gasteiger partial charge in [0.2, 0.25) is 5.89 Å². The zero-order chi connectivity index (χ0) is 18.2. The fraction of sp³-hybridized carbons (Fsp3) is 0.176. The Hall–Kier alpha value is -2.54. The Labute approximate surface area is 145 Å². The van der Waals surface area contributed by atoms with Crippen molar-refractivity contribution < 1.29 is 22.4 Å². The monoisotopic (exact) mass is 368 g/mol. The van der Waals surface area contributed by atoms with Crippen molar-refractivity contribution in [1.29, 1.82) is 0 Å². The summed E-state index contributed by atoms with van der Waals surface area (Å²) < 4.78 is 43.8. The molecule has 0 bridgehead atoms. The molecule has 0 saturated carbocycles. The first-order valence-corrected chi connectivity index (χ1v) is 7.73. The number of benzene rings is 2. The van der Waals surface area contributed by atoms with E-state index in [9.17, 15) is 18.0 Å². The third-order valence-electron chi connectivity index (χ3n) is 3.59. The predicted octanol–water partition coefficient (Wildman–Crippen LogP) is 5.06. The lowest BCUT2D eigenvalue weighted by molar-refractivity contribution is -0.170. The van der Waals surface area contributed by atoms with Crippen molar-refractivity contribution in [2.45, 2.75) is 13.1 Å². The number of fused-ring (bicyclic) bond motifs is 1. The molecule has 1 aromatic heterocycles. The van der Waals surface area contributed by atoms with Gasteiger partial charge in [-0.1, -0.05) is 23.7 Å². The lowest BCUT2D eigenvalue weighted by Crippen LogP contribution is -2.41. The highest BCUT2D eigenvalue weighted by molar-refractivity contribution is 6.33. The SMILES string of the molecule is CCN(C(=O)C(F)(F)F)c1ccc2oc(-c3ccccc3Cl)nc2c1. The number of anilines is 1. The van der Waals surface area contributed by atoms with Crippen LogP contribution in [-0.4, -0.2) is 23.6 Å². The minimum absolute atomic E-state index is 0.0938. The van der Waals surface area contributed by atoms with E-state index in [2.05, 4.69) is 4.98 Å². The maximum absolute atomic E-state index is 12.7. The van der Waals surface area contributed by atoms with E-state index in [1.165, 1.54) is 25.1 Å². The molecule has 0 aliphatic carbocycles. The lowest BCUT2D eigenvalue weighted by Gasteiger charge is -2.21. The van der Waals surface area contributed by atoms with Crippen LogP contribution in [0.15, 0.2) is 46.9 Å². The van der Waals surface area contributed by atoms with Crippen LogP contribution in [-0.2, 0) is 4.79 Å². The van der Waals surface area contributed by atoms with Gasteiger partial charge in [0.1, 0.15) is 5.52 Å². The Morgan fingerprint density at radius 1 is 1.24 bits per heavy atom. The molecule has 0 aliphatic heterocycles. The maximum Gasteiger partial charge on any atom is 0.471 e. The molecule has 3 aromatic rings. The van der Waals surface area contributed by atoms with E-state index < -0.39 is 12.1 Å². The van der Waals surface area contributed by atoms with E-state index in [0.717, 1.165) is 0 Å². The molecule has 0 saturated heterocycles. The maximum atomic E-state index is 12.7.